The number of halogens is 1. The van der Waals surface area contributed by atoms with E-state index in [0.29, 0.717) is 5.56 Å². The van der Waals surface area contributed by atoms with Crippen molar-refractivity contribution in [2.75, 3.05) is 5.73 Å². The zero-order chi connectivity index (χ0) is 13.1. The Morgan fingerprint density at radius 3 is 2.78 bits per heavy atom. The summed E-state index contributed by atoms with van der Waals surface area (Å²) in [5, 5.41) is 8.64. The van der Waals surface area contributed by atoms with Gasteiger partial charge in [-0.1, -0.05) is 6.07 Å². The van der Waals surface area contributed by atoms with E-state index in [-0.39, 0.29) is 23.2 Å². The monoisotopic (exact) mass is 243 g/mol. The number of pyridine rings is 1. The van der Waals surface area contributed by atoms with Crippen LogP contribution in [0.15, 0.2) is 41.5 Å². The van der Waals surface area contributed by atoms with Crippen molar-refractivity contribution >= 4 is 5.69 Å². The molecule has 0 atom stereocenters. The number of anilines is 1. The van der Waals surface area contributed by atoms with Crippen molar-refractivity contribution in [3.05, 3.63) is 63.8 Å². The van der Waals surface area contributed by atoms with Gasteiger partial charge in [-0.25, -0.2) is 4.39 Å². The van der Waals surface area contributed by atoms with E-state index >= 15 is 0 Å². The fourth-order valence-corrected chi connectivity index (χ4v) is 1.59. The van der Waals surface area contributed by atoms with Crippen LogP contribution in [0.25, 0.3) is 0 Å². The highest BCUT2D eigenvalue weighted by Gasteiger charge is 2.04. The van der Waals surface area contributed by atoms with Gasteiger partial charge in [0.25, 0.3) is 0 Å². The molecule has 0 bridgehead atoms. The molecule has 0 spiro atoms. The van der Waals surface area contributed by atoms with Crippen LogP contribution in [0.5, 0.6) is 0 Å². The highest BCUT2D eigenvalue weighted by molar-refractivity contribution is 5.35. The Kier molecular flexibility index (Phi) is 3.11. The van der Waals surface area contributed by atoms with Crippen LogP contribution in [0, 0.1) is 17.1 Å². The number of rotatable bonds is 2. The highest BCUT2D eigenvalue weighted by Crippen LogP contribution is 2.11. The van der Waals surface area contributed by atoms with Gasteiger partial charge >= 0.3 is 0 Å². The number of hydrogen-bond donors (Lipinski definition) is 1. The third kappa shape index (κ3) is 2.38. The van der Waals surface area contributed by atoms with Gasteiger partial charge in [-0.15, -0.1) is 0 Å². The molecule has 0 saturated heterocycles. The summed E-state index contributed by atoms with van der Waals surface area (Å²) < 4.78 is 15.3. The molecule has 2 N–H and O–H groups in total. The number of nitriles is 1. The summed E-state index contributed by atoms with van der Waals surface area (Å²) in [5.41, 5.74) is 6.05. The van der Waals surface area contributed by atoms with Crippen molar-refractivity contribution < 1.29 is 4.39 Å². The SMILES string of the molecule is N#Cc1ccc(Cn2ccc(=O)c(N)c2)c(F)c1. The molecule has 18 heavy (non-hydrogen) atoms. The van der Waals surface area contributed by atoms with Crippen molar-refractivity contribution in [1.29, 1.82) is 5.26 Å². The predicted molar refractivity (Wildman–Crippen MR) is 65.3 cm³/mol. The molecule has 1 aromatic heterocycles. The summed E-state index contributed by atoms with van der Waals surface area (Å²) in [5.74, 6) is -0.452. The van der Waals surface area contributed by atoms with E-state index in [0.717, 1.165) is 0 Å². The van der Waals surface area contributed by atoms with Gasteiger partial charge in [0.15, 0.2) is 0 Å². The van der Waals surface area contributed by atoms with Gasteiger partial charge in [-0.05, 0) is 12.1 Å². The van der Waals surface area contributed by atoms with Crippen LogP contribution in [-0.2, 0) is 6.54 Å². The van der Waals surface area contributed by atoms with E-state index in [9.17, 15) is 9.18 Å². The zero-order valence-corrected chi connectivity index (χ0v) is 9.43. The molecular weight excluding hydrogens is 233 g/mol. The number of nitrogens with two attached hydrogens (primary N) is 1. The largest absolute Gasteiger partial charge is 0.394 e. The van der Waals surface area contributed by atoms with Gasteiger partial charge in [0.1, 0.15) is 5.82 Å². The fraction of sp³-hybridized carbons (Fsp3) is 0.0769. The second kappa shape index (κ2) is 4.72. The Morgan fingerprint density at radius 1 is 1.39 bits per heavy atom. The average Bonchev–Trinajstić information content (AvgIpc) is 2.36. The van der Waals surface area contributed by atoms with E-state index in [1.165, 1.54) is 24.5 Å². The van der Waals surface area contributed by atoms with Crippen molar-refractivity contribution in [3.8, 4) is 6.07 Å². The van der Waals surface area contributed by atoms with Crippen molar-refractivity contribution in [2.24, 2.45) is 0 Å². The van der Waals surface area contributed by atoms with E-state index < -0.39 is 5.82 Å². The first-order valence-corrected chi connectivity index (χ1v) is 5.24. The van der Waals surface area contributed by atoms with Crippen molar-refractivity contribution in [2.45, 2.75) is 6.54 Å². The summed E-state index contributed by atoms with van der Waals surface area (Å²) in [6.45, 7) is 0.252. The second-order valence-electron chi connectivity index (χ2n) is 3.85. The van der Waals surface area contributed by atoms with E-state index in [1.54, 1.807) is 16.7 Å². The topological polar surface area (TPSA) is 71.8 Å². The first-order chi connectivity index (χ1) is 8.60. The Bertz CT molecular complexity index is 685. The van der Waals surface area contributed by atoms with E-state index in [4.69, 9.17) is 11.0 Å². The van der Waals surface area contributed by atoms with E-state index in [2.05, 4.69) is 0 Å². The highest BCUT2D eigenvalue weighted by atomic mass is 19.1. The minimum Gasteiger partial charge on any atom is -0.394 e. The standard InChI is InChI=1S/C13H10FN3O/c14-11-5-9(6-15)1-2-10(11)7-17-4-3-13(18)12(16)8-17/h1-5,8H,7,16H2. The van der Waals surface area contributed by atoms with Crippen LogP contribution in [0.2, 0.25) is 0 Å². The van der Waals surface area contributed by atoms with Gasteiger partial charge in [-0.2, -0.15) is 5.26 Å². The summed E-state index contributed by atoms with van der Waals surface area (Å²) >= 11 is 0. The first kappa shape index (κ1) is 11.9. The van der Waals surface area contributed by atoms with Crippen molar-refractivity contribution in [3.63, 3.8) is 0 Å². The fourth-order valence-electron chi connectivity index (χ4n) is 1.59. The van der Waals surface area contributed by atoms with Gasteiger partial charge < -0.3 is 10.3 Å². The maximum absolute atomic E-state index is 13.6. The minimum absolute atomic E-state index is 0.117. The number of aromatic nitrogens is 1. The molecule has 5 heteroatoms. The van der Waals surface area contributed by atoms with Crippen LogP contribution in [-0.4, -0.2) is 4.57 Å². The van der Waals surface area contributed by atoms with Crippen LogP contribution in [0.1, 0.15) is 11.1 Å². The quantitative estimate of drug-likeness (QED) is 0.868. The normalized spacial score (nSPS) is 10.0. The van der Waals surface area contributed by atoms with Crippen molar-refractivity contribution in [1.82, 2.24) is 4.57 Å². The smallest absolute Gasteiger partial charge is 0.204 e. The molecule has 0 amide bonds. The maximum atomic E-state index is 13.6. The van der Waals surface area contributed by atoms with Gasteiger partial charge in [0.2, 0.25) is 5.43 Å². The molecule has 0 unspecified atom stereocenters. The minimum atomic E-state index is -0.452. The Hall–Kier alpha value is -2.61. The van der Waals surface area contributed by atoms with E-state index in [1.807, 2.05) is 6.07 Å². The molecule has 0 aliphatic rings. The van der Waals surface area contributed by atoms with Crippen LogP contribution in [0.3, 0.4) is 0 Å². The molecule has 0 radical (unpaired) electrons. The Morgan fingerprint density at radius 2 is 2.17 bits per heavy atom. The molecule has 0 aliphatic heterocycles. The molecule has 4 nitrogen and oxygen atoms in total. The molecule has 2 rings (SSSR count). The van der Waals surface area contributed by atoms with Crippen LogP contribution in [0.4, 0.5) is 10.1 Å². The molecule has 2 aromatic rings. The van der Waals surface area contributed by atoms with Gasteiger partial charge in [0, 0.05) is 30.6 Å². The van der Waals surface area contributed by atoms with Crippen LogP contribution < -0.4 is 11.2 Å². The molecule has 1 heterocycles. The second-order valence-corrected chi connectivity index (χ2v) is 3.85. The molecule has 0 fully saturated rings. The Balaban J connectivity index is 2.31. The summed E-state index contributed by atoms with van der Waals surface area (Å²) in [6.07, 6.45) is 3.00. The summed E-state index contributed by atoms with van der Waals surface area (Å²) in [6, 6.07) is 7.47. The first-order valence-electron chi connectivity index (χ1n) is 5.24. The molecule has 0 saturated carbocycles. The lowest BCUT2D eigenvalue weighted by molar-refractivity contribution is 0.598. The van der Waals surface area contributed by atoms with Gasteiger partial charge in [-0.3, -0.25) is 4.79 Å². The number of hydrogen-bond acceptors (Lipinski definition) is 3. The lowest BCUT2D eigenvalue weighted by Crippen LogP contribution is -2.11. The summed E-state index contributed by atoms with van der Waals surface area (Å²) in [4.78, 5) is 11.1. The van der Waals surface area contributed by atoms with Crippen LogP contribution >= 0.6 is 0 Å². The number of benzene rings is 1. The number of nitrogen functional groups attached to an aromatic ring is 1. The lowest BCUT2D eigenvalue weighted by atomic mass is 10.1. The average molecular weight is 243 g/mol. The maximum Gasteiger partial charge on any atom is 0.204 e. The summed E-state index contributed by atoms with van der Waals surface area (Å²) in [7, 11) is 0. The molecule has 0 aliphatic carbocycles. The molecule has 90 valence electrons. The number of nitrogens with zero attached hydrogens (tertiary/aromatic N) is 2. The molecule has 1 aromatic carbocycles. The third-order valence-corrected chi connectivity index (χ3v) is 2.54. The zero-order valence-electron chi connectivity index (χ0n) is 9.43. The third-order valence-electron chi connectivity index (χ3n) is 2.54. The predicted octanol–water partition coefficient (Wildman–Crippen LogP) is 1.49. The van der Waals surface area contributed by atoms with Gasteiger partial charge in [0.05, 0.1) is 17.3 Å². The Labute approximate surface area is 103 Å². The lowest BCUT2D eigenvalue weighted by Gasteiger charge is -2.08. The molecular formula is C13H10FN3O.